The van der Waals surface area contributed by atoms with E-state index in [2.05, 4.69) is 12.2 Å². The Hall–Kier alpha value is -1.10. The highest BCUT2D eigenvalue weighted by Crippen LogP contribution is 2.13. The van der Waals surface area contributed by atoms with E-state index in [0.717, 1.165) is 30.7 Å². The fourth-order valence-electron chi connectivity index (χ4n) is 1.66. The number of nitrogens with one attached hydrogen (secondary N) is 1. The van der Waals surface area contributed by atoms with Crippen molar-refractivity contribution in [2.24, 2.45) is 0 Å². The van der Waals surface area contributed by atoms with E-state index in [1.54, 1.807) is 0 Å². The van der Waals surface area contributed by atoms with E-state index in [0.29, 0.717) is 6.61 Å². The van der Waals surface area contributed by atoms with Crippen LogP contribution in [0.2, 0.25) is 0 Å². The first-order chi connectivity index (χ1) is 8.80. The van der Waals surface area contributed by atoms with Crippen LogP contribution < -0.4 is 10.1 Å². The first-order valence-corrected chi connectivity index (χ1v) is 6.47. The van der Waals surface area contributed by atoms with E-state index < -0.39 is 0 Å². The summed E-state index contributed by atoms with van der Waals surface area (Å²) in [5.74, 6) is 0.758. The molecular weight excluding hydrogens is 230 g/mol. The molecule has 0 spiro atoms. The van der Waals surface area contributed by atoms with Crippen molar-refractivity contribution in [1.82, 2.24) is 5.32 Å². The van der Waals surface area contributed by atoms with E-state index in [1.165, 1.54) is 0 Å². The summed E-state index contributed by atoms with van der Waals surface area (Å²) in [5.41, 5.74) is 0.843. The van der Waals surface area contributed by atoms with Gasteiger partial charge >= 0.3 is 0 Å². The molecule has 1 atom stereocenters. The Labute approximate surface area is 109 Å². The first-order valence-electron chi connectivity index (χ1n) is 6.47. The van der Waals surface area contributed by atoms with E-state index in [-0.39, 0.29) is 19.3 Å². The minimum Gasteiger partial charge on any atom is -0.494 e. The summed E-state index contributed by atoms with van der Waals surface area (Å²) >= 11 is 0. The Kier molecular flexibility index (Phi) is 7.41. The number of aliphatic hydroxyl groups is 2. The molecule has 0 heterocycles. The molecule has 0 aliphatic rings. The lowest BCUT2D eigenvalue weighted by Crippen LogP contribution is -2.34. The lowest BCUT2D eigenvalue weighted by Gasteiger charge is -2.16. The number of benzene rings is 1. The highest BCUT2D eigenvalue weighted by Gasteiger charge is 2.06. The topological polar surface area (TPSA) is 61.7 Å². The standard InChI is InChI=1S/C14H23NO3/c1-2-7-15-13(11-17)6-8-18-14-5-3-4-12(9-14)10-16/h3-5,9,13,15-17H,2,6-8,10-11H2,1H3. The van der Waals surface area contributed by atoms with Crippen molar-refractivity contribution < 1.29 is 14.9 Å². The highest BCUT2D eigenvalue weighted by molar-refractivity contribution is 5.27. The molecule has 4 heteroatoms. The number of rotatable bonds is 9. The summed E-state index contributed by atoms with van der Waals surface area (Å²) in [4.78, 5) is 0. The third-order valence-electron chi connectivity index (χ3n) is 2.72. The maximum absolute atomic E-state index is 9.18. The van der Waals surface area contributed by atoms with Crippen LogP contribution in [0.25, 0.3) is 0 Å². The normalized spacial score (nSPS) is 12.4. The lowest BCUT2D eigenvalue weighted by molar-refractivity contribution is 0.208. The van der Waals surface area contributed by atoms with Crippen LogP contribution >= 0.6 is 0 Å². The van der Waals surface area contributed by atoms with Crippen molar-refractivity contribution in [2.75, 3.05) is 19.8 Å². The summed E-state index contributed by atoms with van der Waals surface area (Å²) < 4.78 is 5.60. The van der Waals surface area contributed by atoms with Gasteiger partial charge in [-0.05, 0) is 37.1 Å². The second kappa shape index (κ2) is 8.91. The van der Waals surface area contributed by atoms with Gasteiger partial charge in [-0.3, -0.25) is 0 Å². The van der Waals surface area contributed by atoms with Gasteiger partial charge in [0.15, 0.2) is 0 Å². The Bertz CT molecular complexity index is 331. The molecule has 0 saturated heterocycles. The SMILES string of the molecule is CCCNC(CO)CCOc1cccc(CO)c1. The molecule has 102 valence electrons. The predicted octanol–water partition coefficient (Wildman–Crippen LogP) is 1.31. The molecule has 1 aromatic rings. The van der Waals surface area contributed by atoms with Crippen molar-refractivity contribution >= 4 is 0 Å². The Morgan fingerprint density at radius 2 is 2.17 bits per heavy atom. The van der Waals surface area contributed by atoms with Gasteiger partial charge in [-0.2, -0.15) is 0 Å². The van der Waals surface area contributed by atoms with Gasteiger partial charge in [-0.1, -0.05) is 19.1 Å². The monoisotopic (exact) mass is 253 g/mol. The summed E-state index contributed by atoms with van der Waals surface area (Å²) in [7, 11) is 0. The molecule has 18 heavy (non-hydrogen) atoms. The zero-order valence-electron chi connectivity index (χ0n) is 10.9. The molecule has 0 radical (unpaired) electrons. The van der Waals surface area contributed by atoms with Gasteiger partial charge < -0.3 is 20.3 Å². The van der Waals surface area contributed by atoms with Gasteiger partial charge in [-0.25, -0.2) is 0 Å². The van der Waals surface area contributed by atoms with E-state index in [9.17, 15) is 5.11 Å². The zero-order valence-corrected chi connectivity index (χ0v) is 10.9. The fraction of sp³-hybridized carbons (Fsp3) is 0.571. The second-order valence-corrected chi connectivity index (χ2v) is 4.28. The van der Waals surface area contributed by atoms with Crippen LogP contribution in [0.15, 0.2) is 24.3 Å². The minimum absolute atomic E-state index is 0.0223. The van der Waals surface area contributed by atoms with Crippen molar-refractivity contribution in [3.8, 4) is 5.75 Å². The van der Waals surface area contributed by atoms with Crippen LogP contribution in [0.1, 0.15) is 25.3 Å². The maximum Gasteiger partial charge on any atom is 0.119 e. The molecule has 3 N–H and O–H groups in total. The third-order valence-corrected chi connectivity index (χ3v) is 2.72. The molecule has 0 aliphatic heterocycles. The van der Waals surface area contributed by atoms with Crippen LogP contribution in [0.4, 0.5) is 0 Å². The van der Waals surface area contributed by atoms with Crippen molar-refractivity contribution in [2.45, 2.75) is 32.4 Å². The number of ether oxygens (including phenoxy) is 1. The molecule has 4 nitrogen and oxygen atoms in total. The smallest absolute Gasteiger partial charge is 0.119 e. The van der Waals surface area contributed by atoms with Gasteiger partial charge in [-0.15, -0.1) is 0 Å². The summed E-state index contributed by atoms with van der Waals surface area (Å²) in [6.45, 7) is 3.70. The summed E-state index contributed by atoms with van der Waals surface area (Å²) in [5, 5.41) is 21.5. The van der Waals surface area contributed by atoms with Crippen LogP contribution in [-0.2, 0) is 6.61 Å². The summed E-state index contributed by atoms with van der Waals surface area (Å²) in [6, 6.07) is 7.50. The molecule has 0 amide bonds. The molecule has 0 bridgehead atoms. The van der Waals surface area contributed by atoms with Gasteiger partial charge in [0, 0.05) is 6.04 Å². The molecular formula is C14H23NO3. The Morgan fingerprint density at radius 1 is 1.33 bits per heavy atom. The molecule has 0 aromatic heterocycles. The molecule has 1 aromatic carbocycles. The minimum atomic E-state index is 0.0223. The number of aliphatic hydroxyl groups excluding tert-OH is 2. The van der Waals surface area contributed by atoms with Gasteiger partial charge in [0.25, 0.3) is 0 Å². The molecule has 0 aliphatic carbocycles. The van der Waals surface area contributed by atoms with Gasteiger partial charge in [0.05, 0.1) is 19.8 Å². The van der Waals surface area contributed by atoms with E-state index in [4.69, 9.17) is 9.84 Å². The zero-order chi connectivity index (χ0) is 13.2. The van der Waals surface area contributed by atoms with Crippen LogP contribution in [0, 0.1) is 0 Å². The third kappa shape index (κ3) is 5.49. The highest BCUT2D eigenvalue weighted by atomic mass is 16.5. The Balaban J connectivity index is 2.30. The lowest BCUT2D eigenvalue weighted by atomic mass is 10.2. The molecule has 1 rings (SSSR count). The second-order valence-electron chi connectivity index (χ2n) is 4.28. The van der Waals surface area contributed by atoms with Crippen molar-refractivity contribution in [1.29, 1.82) is 0 Å². The van der Waals surface area contributed by atoms with Crippen molar-refractivity contribution in [3.63, 3.8) is 0 Å². The molecule has 1 unspecified atom stereocenters. The van der Waals surface area contributed by atoms with Crippen LogP contribution in [-0.4, -0.2) is 36.0 Å². The number of hydrogen-bond acceptors (Lipinski definition) is 4. The summed E-state index contributed by atoms with van der Waals surface area (Å²) in [6.07, 6.45) is 1.82. The van der Waals surface area contributed by atoms with Gasteiger partial charge in [0.2, 0.25) is 0 Å². The average molecular weight is 253 g/mol. The largest absolute Gasteiger partial charge is 0.494 e. The van der Waals surface area contributed by atoms with Crippen molar-refractivity contribution in [3.05, 3.63) is 29.8 Å². The first kappa shape index (κ1) is 15.0. The predicted molar refractivity (Wildman–Crippen MR) is 71.6 cm³/mol. The molecule has 0 saturated carbocycles. The number of hydrogen-bond donors (Lipinski definition) is 3. The quantitative estimate of drug-likeness (QED) is 0.621. The van der Waals surface area contributed by atoms with E-state index in [1.807, 2.05) is 24.3 Å². The Morgan fingerprint density at radius 3 is 2.83 bits per heavy atom. The van der Waals surface area contributed by atoms with Crippen LogP contribution in [0.5, 0.6) is 5.75 Å². The fourth-order valence-corrected chi connectivity index (χ4v) is 1.66. The van der Waals surface area contributed by atoms with Crippen LogP contribution in [0.3, 0.4) is 0 Å². The molecule has 0 fully saturated rings. The average Bonchev–Trinajstić information content (AvgIpc) is 2.43. The van der Waals surface area contributed by atoms with E-state index >= 15 is 0 Å². The maximum atomic E-state index is 9.18. The van der Waals surface area contributed by atoms with Gasteiger partial charge in [0.1, 0.15) is 5.75 Å².